The third-order valence-corrected chi connectivity index (χ3v) is 5.39. The summed E-state index contributed by atoms with van der Waals surface area (Å²) in [5.74, 6) is 0.667. The summed E-state index contributed by atoms with van der Waals surface area (Å²) in [7, 11) is 0. The van der Waals surface area contributed by atoms with Crippen molar-refractivity contribution in [2.24, 2.45) is 0 Å². The average Bonchev–Trinajstić information content (AvgIpc) is 3.34. The molecule has 5 rings (SSSR count). The number of rotatable bonds is 4. The van der Waals surface area contributed by atoms with Crippen molar-refractivity contribution in [1.82, 2.24) is 25.0 Å². The van der Waals surface area contributed by atoms with Crippen molar-refractivity contribution in [2.45, 2.75) is 24.3 Å². The Morgan fingerprint density at radius 1 is 1.16 bits per heavy atom. The summed E-state index contributed by atoms with van der Waals surface area (Å²) in [5, 5.41) is 8.76. The van der Waals surface area contributed by atoms with Crippen LogP contribution in [-0.4, -0.2) is 38.2 Å². The number of aromatic nitrogens is 5. The summed E-state index contributed by atoms with van der Waals surface area (Å²) in [6, 6.07) is 6.17. The highest BCUT2D eigenvalue weighted by Crippen LogP contribution is 2.40. The molecule has 1 saturated heterocycles. The first-order valence-corrected chi connectivity index (χ1v) is 9.12. The van der Waals surface area contributed by atoms with Crippen molar-refractivity contribution in [3.05, 3.63) is 58.7 Å². The third-order valence-electron chi connectivity index (χ3n) is 4.92. The largest absolute Gasteiger partial charge is 0.375 e. The van der Waals surface area contributed by atoms with Crippen LogP contribution < -0.4 is 0 Å². The predicted molar refractivity (Wildman–Crippen MR) is 95.1 cm³/mol. The number of pyridine rings is 2. The molecule has 25 heavy (non-hydrogen) atoms. The Morgan fingerprint density at radius 2 is 2.04 bits per heavy atom. The van der Waals surface area contributed by atoms with Gasteiger partial charge in [0, 0.05) is 28.6 Å². The van der Waals surface area contributed by atoms with Gasteiger partial charge in [0.05, 0.1) is 25.1 Å². The van der Waals surface area contributed by atoms with Gasteiger partial charge in [-0.1, -0.05) is 5.21 Å². The minimum atomic E-state index is -0.381. The Balaban J connectivity index is 1.51. The Labute approximate surface area is 153 Å². The number of halogens is 1. The van der Waals surface area contributed by atoms with Gasteiger partial charge in [-0.05, 0) is 58.5 Å². The van der Waals surface area contributed by atoms with Gasteiger partial charge in [0.15, 0.2) is 5.54 Å². The molecule has 0 aromatic carbocycles. The number of hydrogen-bond acceptors (Lipinski definition) is 5. The maximum Gasteiger partial charge on any atom is 0.152 e. The summed E-state index contributed by atoms with van der Waals surface area (Å²) in [4.78, 5) is 8.93. The maximum atomic E-state index is 5.50. The molecule has 0 N–H and O–H groups in total. The van der Waals surface area contributed by atoms with Crippen molar-refractivity contribution in [2.75, 3.05) is 13.2 Å². The first kappa shape index (κ1) is 15.2. The van der Waals surface area contributed by atoms with Gasteiger partial charge in [-0.3, -0.25) is 9.97 Å². The van der Waals surface area contributed by atoms with Crippen LogP contribution in [0.15, 0.2) is 47.5 Å². The quantitative estimate of drug-likeness (QED) is 0.676. The van der Waals surface area contributed by atoms with Crippen LogP contribution in [0.25, 0.3) is 11.3 Å². The van der Waals surface area contributed by atoms with E-state index in [1.807, 2.05) is 35.4 Å². The van der Waals surface area contributed by atoms with Crippen molar-refractivity contribution in [1.29, 1.82) is 0 Å². The highest BCUT2D eigenvalue weighted by atomic mass is 79.9. The zero-order valence-corrected chi connectivity index (χ0v) is 15.1. The van der Waals surface area contributed by atoms with Crippen LogP contribution in [0, 0.1) is 0 Å². The van der Waals surface area contributed by atoms with E-state index in [1.165, 1.54) is 18.4 Å². The monoisotopic (exact) mass is 397 g/mol. The molecular weight excluding hydrogens is 382 g/mol. The van der Waals surface area contributed by atoms with Crippen LogP contribution in [0.1, 0.15) is 30.0 Å². The lowest BCUT2D eigenvalue weighted by Crippen LogP contribution is -2.53. The molecule has 0 radical (unpaired) electrons. The molecule has 1 saturated carbocycles. The van der Waals surface area contributed by atoms with Crippen LogP contribution in [0.4, 0.5) is 0 Å². The van der Waals surface area contributed by atoms with Gasteiger partial charge in [0.25, 0.3) is 0 Å². The zero-order valence-electron chi connectivity index (χ0n) is 13.5. The van der Waals surface area contributed by atoms with Crippen LogP contribution in [0.5, 0.6) is 0 Å². The molecule has 1 aliphatic carbocycles. The average molecular weight is 398 g/mol. The molecule has 6 nitrogen and oxygen atoms in total. The fraction of sp³-hybridized carbons (Fsp3) is 0.333. The third kappa shape index (κ3) is 2.58. The fourth-order valence-electron chi connectivity index (χ4n) is 3.19. The Bertz CT molecular complexity index is 915. The summed E-state index contributed by atoms with van der Waals surface area (Å²) < 4.78 is 8.33. The van der Waals surface area contributed by atoms with Crippen molar-refractivity contribution >= 4 is 15.9 Å². The molecule has 7 heteroatoms. The van der Waals surface area contributed by atoms with Gasteiger partial charge < -0.3 is 4.74 Å². The van der Waals surface area contributed by atoms with E-state index in [4.69, 9.17) is 4.74 Å². The van der Waals surface area contributed by atoms with E-state index in [9.17, 15) is 0 Å². The lowest BCUT2D eigenvalue weighted by atomic mass is 9.92. The zero-order chi connectivity index (χ0) is 16.9. The smallest absolute Gasteiger partial charge is 0.152 e. The van der Waals surface area contributed by atoms with E-state index in [0.717, 1.165) is 21.4 Å². The highest BCUT2D eigenvalue weighted by Gasteiger charge is 2.45. The van der Waals surface area contributed by atoms with Gasteiger partial charge in [-0.15, -0.1) is 5.10 Å². The lowest BCUT2D eigenvalue weighted by molar-refractivity contribution is -0.0851. The molecule has 0 amide bonds. The Kier molecular flexibility index (Phi) is 3.46. The summed E-state index contributed by atoms with van der Waals surface area (Å²) in [6.45, 7) is 1.09. The number of ether oxygens (including phenoxy) is 1. The van der Waals surface area contributed by atoms with Crippen LogP contribution in [-0.2, 0) is 10.3 Å². The van der Waals surface area contributed by atoms with E-state index in [-0.39, 0.29) is 5.54 Å². The number of hydrogen-bond donors (Lipinski definition) is 0. The highest BCUT2D eigenvalue weighted by molar-refractivity contribution is 9.10. The lowest BCUT2D eigenvalue weighted by Gasteiger charge is -2.40. The second kappa shape index (κ2) is 5.71. The van der Waals surface area contributed by atoms with Crippen molar-refractivity contribution in [3.8, 4) is 11.3 Å². The fourth-order valence-corrected chi connectivity index (χ4v) is 3.42. The predicted octanol–water partition coefficient (Wildman–Crippen LogP) is 3.15. The molecule has 1 aliphatic heterocycles. The first-order chi connectivity index (χ1) is 12.2. The molecule has 3 aromatic heterocycles. The number of nitrogens with zero attached hydrogens (tertiary/aromatic N) is 5. The molecule has 4 heterocycles. The molecule has 0 bridgehead atoms. The van der Waals surface area contributed by atoms with Crippen molar-refractivity contribution < 1.29 is 4.74 Å². The van der Waals surface area contributed by atoms with Gasteiger partial charge in [0.2, 0.25) is 0 Å². The first-order valence-electron chi connectivity index (χ1n) is 8.32. The second-order valence-corrected chi connectivity index (χ2v) is 7.63. The minimum Gasteiger partial charge on any atom is -0.375 e. The topological polar surface area (TPSA) is 65.7 Å². The molecule has 3 aromatic rings. The van der Waals surface area contributed by atoms with Gasteiger partial charge in [0.1, 0.15) is 5.69 Å². The van der Waals surface area contributed by atoms with Gasteiger partial charge in [-0.2, -0.15) is 0 Å². The van der Waals surface area contributed by atoms with Crippen LogP contribution in [0.3, 0.4) is 0 Å². The Morgan fingerprint density at radius 3 is 2.72 bits per heavy atom. The normalized spacial score (nSPS) is 18.8. The van der Waals surface area contributed by atoms with E-state index in [1.54, 1.807) is 6.20 Å². The van der Waals surface area contributed by atoms with Crippen LogP contribution >= 0.6 is 15.9 Å². The van der Waals surface area contributed by atoms with E-state index < -0.39 is 0 Å². The van der Waals surface area contributed by atoms with Crippen LogP contribution in [0.2, 0.25) is 0 Å². The van der Waals surface area contributed by atoms with E-state index >= 15 is 0 Å². The summed E-state index contributed by atoms with van der Waals surface area (Å²) in [6.07, 6.45) is 10.1. The SMILES string of the molecule is Brc1ccc(C2(n3cc(-c4cncc(C5CC5)c4)nn3)COC2)nc1. The molecule has 2 aliphatic rings. The molecular formula is C18H16BrN5O. The van der Waals surface area contributed by atoms with Gasteiger partial charge >= 0.3 is 0 Å². The van der Waals surface area contributed by atoms with Crippen molar-refractivity contribution in [3.63, 3.8) is 0 Å². The molecule has 0 atom stereocenters. The molecule has 126 valence electrons. The molecule has 2 fully saturated rings. The van der Waals surface area contributed by atoms with E-state index in [2.05, 4.69) is 42.3 Å². The second-order valence-electron chi connectivity index (χ2n) is 6.72. The summed E-state index contributed by atoms with van der Waals surface area (Å²) >= 11 is 3.43. The molecule has 0 unspecified atom stereocenters. The maximum absolute atomic E-state index is 5.50. The minimum absolute atomic E-state index is 0.381. The Hall–Kier alpha value is -2.12. The van der Waals surface area contributed by atoms with Gasteiger partial charge in [-0.25, -0.2) is 4.68 Å². The standard InChI is InChI=1S/C18H16BrN5O/c19-15-3-4-17(21-8-15)18(10-25-11-18)24-9-16(22-23-24)14-5-13(6-20-7-14)12-1-2-12/h3-9,12H,1-2,10-11H2. The summed E-state index contributed by atoms with van der Waals surface area (Å²) in [5.41, 5.74) is 3.69. The molecule has 0 spiro atoms. The van der Waals surface area contributed by atoms with E-state index in [0.29, 0.717) is 19.1 Å².